The molecule has 3 N–H and O–H groups in total. The lowest BCUT2D eigenvalue weighted by Gasteiger charge is -2.24. The number of fused-ring (bicyclic) bond motifs is 1. The number of nitrogens with one attached hydrogen (secondary N) is 1. The van der Waals surface area contributed by atoms with E-state index in [1.54, 1.807) is 74.5 Å². The van der Waals surface area contributed by atoms with Crippen LogP contribution in [0.5, 0.6) is 5.75 Å². The van der Waals surface area contributed by atoms with Crippen LogP contribution in [-0.2, 0) is 25.5 Å². The van der Waals surface area contributed by atoms with Crippen LogP contribution in [-0.4, -0.2) is 70.2 Å². The molecule has 2 atom stereocenters. The van der Waals surface area contributed by atoms with E-state index in [1.165, 1.54) is 12.1 Å². The summed E-state index contributed by atoms with van der Waals surface area (Å²) >= 11 is 5.88. The zero-order valence-electron chi connectivity index (χ0n) is 33.1. The number of carbonyl (C=O) groups excluding carboxylic acids is 3. The Labute approximate surface area is 343 Å². The highest BCUT2D eigenvalue weighted by atomic mass is 35.5. The largest absolute Gasteiger partial charge is 0.476 e. The first-order valence-electron chi connectivity index (χ1n) is 19.3. The average molecular weight is 813 g/mol. The molecule has 58 heavy (non-hydrogen) atoms. The molecule has 0 radical (unpaired) electrons. The number of amides is 1. The van der Waals surface area contributed by atoms with E-state index < -0.39 is 29.7 Å². The molecule has 0 saturated heterocycles. The van der Waals surface area contributed by atoms with E-state index in [4.69, 9.17) is 25.8 Å². The van der Waals surface area contributed by atoms with Crippen LogP contribution >= 0.6 is 11.6 Å². The molecule has 10 nitrogen and oxygen atoms in total. The highest BCUT2D eigenvalue weighted by Crippen LogP contribution is 2.38. The third-order valence-electron chi connectivity index (χ3n) is 9.37. The molecule has 0 aliphatic carbocycles. The van der Waals surface area contributed by atoms with Crippen molar-refractivity contribution in [1.29, 1.82) is 0 Å². The monoisotopic (exact) mass is 812 g/mol. The summed E-state index contributed by atoms with van der Waals surface area (Å²) in [5.74, 6) is -1.29. The lowest BCUT2D eigenvalue weighted by atomic mass is 10.0. The zero-order valence-corrected chi connectivity index (χ0v) is 33.9. The number of aromatic nitrogens is 1. The molecule has 0 bridgehead atoms. The van der Waals surface area contributed by atoms with Gasteiger partial charge in [0.25, 0.3) is 5.91 Å². The Kier molecular flexibility index (Phi) is 15.3. The van der Waals surface area contributed by atoms with Crippen molar-refractivity contribution in [3.05, 3.63) is 131 Å². The van der Waals surface area contributed by atoms with Crippen LogP contribution in [0, 0.1) is 5.82 Å². The summed E-state index contributed by atoms with van der Waals surface area (Å²) in [7, 11) is 0. The average Bonchev–Trinajstić information content (AvgIpc) is 3.52. The number of nitrogens with zero attached hydrogens (tertiary/aromatic N) is 1. The molecule has 0 aliphatic heterocycles. The number of aliphatic hydroxyl groups excluding tert-OH is 2. The van der Waals surface area contributed by atoms with Crippen LogP contribution < -0.4 is 10.1 Å². The molecule has 1 heterocycles. The number of rotatable bonds is 19. The van der Waals surface area contributed by atoms with Gasteiger partial charge in [0, 0.05) is 58.2 Å². The first-order chi connectivity index (χ1) is 27.7. The minimum atomic E-state index is -1.29. The highest BCUT2D eigenvalue weighted by Gasteiger charge is 2.32. The Balaban J connectivity index is 1.02. The number of carbonyl (C=O) groups is 3. The van der Waals surface area contributed by atoms with Crippen LogP contribution in [0.3, 0.4) is 0 Å². The summed E-state index contributed by atoms with van der Waals surface area (Å²) in [6.45, 7) is 7.69. The van der Waals surface area contributed by atoms with Crippen molar-refractivity contribution in [2.75, 3.05) is 19.8 Å². The van der Waals surface area contributed by atoms with Crippen LogP contribution in [0.4, 0.5) is 4.39 Å². The summed E-state index contributed by atoms with van der Waals surface area (Å²) in [6, 6.07) is 28.1. The van der Waals surface area contributed by atoms with Crippen LogP contribution in [0.15, 0.2) is 103 Å². The fraction of sp³-hybridized carbons (Fsp3) is 0.326. The third kappa shape index (κ3) is 12.0. The van der Waals surface area contributed by atoms with Crippen molar-refractivity contribution in [3.63, 3.8) is 0 Å². The Morgan fingerprint density at radius 1 is 0.897 bits per heavy atom. The number of aliphatic hydroxyl groups is 2. The maximum Gasteiger partial charge on any atom is 0.349 e. The lowest BCUT2D eigenvalue weighted by Crippen LogP contribution is -2.40. The summed E-state index contributed by atoms with van der Waals surface area (Å²) in [4.78, 5) is 37.5. The van der Waals surface area contributed by atoms with Gasteiger partial charge >= 0.3 is 11.9 Å². The fourth-order valence-corrected chi connectivity index (χ4v) is 6.61. The van der Waals surface area contributed by atoms with Gasteiger partial charge in [-0.05, 0) is 106 Å². The van der Waals surface area contributed by atoms with Gasteiger partial charge in [-0.2, -0.15) is 0 Å². The van der Waals surface area contributed by atoms with Gasteiger partial charge in [0.15, 0.2) is 5.60 Å². The van der Waals surface area contributed by atoms with Gasteiger partial charge in [-0.3, -0.25) is 9.59 Å². The van der Waals surface area contributed by atoms with Gasteiger partial charge in [-0.1, -0.05) is 60.1 Å². The van der Waals surface area contributed by atoms with Gasteiger partial charge in [-0.25, -0.2) is 9.18 Å². The summed E-state index contributed by atoms with van der Waals surface area (Å²) in [6.07, 6.45) is 1.57. The van der Waals surface area contributed by atoms with Crippen molar-refractivity contribution in [3.8, 4) is 16.9 Å². The van der Waals surface area contributed by atoms with E-state index in [2.05, 4.69) is 23.7 Å². The molecule has 0 spiro atoms. The second kappa shape index (κ2) is 20.3. The molecule has 0 aliphatic rings. The summed E-state index contributed by atoms with van der Waals surface area (Å²) in [5.41, 5.74) is 3.76. The first kappa shape index (κ1) is 43.6. The van der Waals surface area contributed by atoms with Gasteiger partial charge in [0.2, 0.25) is 0 Å². The molecule has 0 fully saturated rings. The second-order valence-electron chi connectivity index (χ2n) is 14.7. The number of ether oxygens (including phenoxy) is 3. The third-order valence-corrected chi connectivity index (χ3v) is 9.62. The maximum atomic E-state index is 13.8. The van der Waals surface area contributed by atoms with Crippen LogP contribution in [0.25, 0.3) is 28.1 Å². The van der Waals surface area contributed by atoms with Crippen molar-refractivity contribution in [2.24, 2.45) is 0 Å². The first-order valence-corrected chi connectivity index (χ1v) is 19.7. The second-order valence-corrected chi connectivity index (χ2v) is 15.2. The molecule has 306 valence electrons. The van der Waals surface area contributed by atoms with Gasteiger partial charge in [-0.15, -0.1) is 0 Å². The van der Waals surface area contributed by atoms with Crippen LogP contribution in [0.2, 0.25) is 5.02 Å². The number of para-hydroxylation sites is 1. The topological polar surface area (TPSA) is 136 Å². The normalized spacial score (nSPS) is 12.8. The number of hydrogen-bond donors (Lipinski definition) is 3. The van der Waals surface area contributed by atoms with E-state index in [1.807, 2.05) is 36.4 Å². The van der Waals surface area contributed by atoms with Crippen molar-refractivity contribution < 1.29 is 43.2 Å². The van der Waals surface area contributed by atoms with Crippen molar-refractivity contribution in [1.82, 2.24) is 9.88 Å². The molecule has 4 aromatic carbocycles. The minimum Gasteiger partial charge on any atom is -0.476 e. The standard InChI is InChI=1S/C46H50ClFN2O8/c1-30(2)50-40-9-6-5-8-39(40)43(32-14-18-35(48)19-15-32)41(50)23-20-36(51)28-37(52)29-42(53)56-26-7-27-57-45(55)46(3,4)58-38-21-10-31(11-22-38)24-25-49-44(54)33-12-16-34(47)17-13-33/h5-6,8-23,30,36-37,51-52H,7,24-29H2,1-4H3,(H,49,54)/b23-20+. The summed E-state index contributed by atoms with van der Waals surface area (Å²) in [5, 5.41) is 25.8. The summed E-state index contributed by atoms with van der Waals surface area (Å²) < 4.78 is 32.4. The molecule has 1 amide bonds. The minimum absolute atomic E-state index is 0.0152. The van der Waals surface area contributed by atoms with Gasteiger partial charge < -0.3 is 34.3 Å². The van der Waals surface area contributed by atoms with Crippen molar-refractivity contribution >= 4 is 46.4 Å². The van der Waals surface area contributed by atoms with E-state index in [0.717, 1.165) is 33.3 Å². The van der Waals surface area contributed by atoms with Crippen molar-refractivity contribution in [2.45, 2.75) is 77.2 Å². The molecule has 5 rings (SSSR count). The molecule has 2 unspecified atom stereocenters. The molecule has 0 saturated carbocycles. The smallest absolute Gasteiger partial charge is 0.349 e. The number of benzene rings is 4. The lowest BCUT2D eigenvalue weighted by molar-refractivity contribution is -0.160. The van der Waals surface area contributed by atoms with Gasteiger partial charge in [0.05, 0.1) is 31.8 Å². The fourth-order valence-electron chi connectivity index (χ4n) is 6.49. The quantitative estimate of drug-likeness (QED) is 0.0558. The predicted molar refractivity (Wildman–Crippen MR) is 223 cm³/mol. The Bertz CT molecular complexity index is 2180. The van der Waals surface area contributed by atoms with E-state index >= 15 is 0 Å². The molecular weight excluding hydrogens is 763 g/mol. The van der Waals surface area contributed by atoms with Gasteiger partial charge in [0.1, 0.15) is 11.6 Å². The molecular formula is C46H50ClFN2O8. The molecule has 1 aromatic heterocycles. The molecule has 5 aromatic rings. The molecule has 12 heteroatoms. The maximum absolute atomic E-state index is 13.8. The van der Waals surface area contributed by atoms with E-state index in [9.17, 15) is 29.0 Å². The zero-order chi connectivity index (χ0) is 41.8. The predicted octanol–water partition coefficient (Wildman–Crippen LogP) is 8.50. The number of halogens is 2. The highest BCUT2D eigenvalue weighted by molar-refractivity contribution is 6.30. The Morgan fingerprint density at radius 2 is 1.57 bits per heavy atom. The number of hydrogen-bond acceptors (Lipinski definition) is 8. The van der Waals surface area contributed by atoms with E-state index in [-0.39, 0.29) is 50.2 Å². The van der Waals surface area contributed by atoms with E-state index in [0.29, 0.717) is 29.3 Å². The number of esters is 2. The van der Waals surface area contributed by atoms with Crippen LogP contribution in [0.1, 0.15) is 74.6 Å². The SMILES string of the molecule is CC(C)n1c(/C=C/C(O)CC(O)CC(=O)OCCCOC(=O)C(C)(C)Oc2ccc(CCNC(=O)c3ccc(Cl)cc3)cc2)c(-c2ccc(F)cc2)c2ccccc21. The Morgan fingerprint density at radius 3 is 2.26 bits per heavy atom. The Hall–Kier alpha value is -5.49.